The zero-order valence-electron chi connectivity index (χ0n) is 22.0. The van der Waals surface area contributed by atoms with E-state index in [0.717, 1.165) is 24.7 Å². The lowest BCUT2D eigenvalue weighted by Gasteiger charge is -2.41. The monoisotopic (exact) mass is 434 g/mol. The minimum Gasteiger partial charge on any atom is -0.393 e. The molecule has 2 rings (SSSR count). The SMILES string of the molecule is CCCCC(CC)(CCCCC(C)(CCCC)C1CCCCC1)CC1CCCC(O)C1. The first-order chi connectivity index (χ1) is 15.0. The summed E-state index contributed by atoms with van der Waals surface area (Å²) >= 11 is 0. The molecule has 0 spiro atoms. The number of hydrogen-bond acceptors (Lipinski definition) is 1. The Kier molecular flexibility index (Phi) is 12.5. The van der Waals surface area contributed by atoms with Gasteiger partial charge in [0.25, 0.3) is 0 Å². The number of aliphatic hydroxyl groups is 1. The first-order valence-corrected chi connectivity index (χ1v) is 14.6. The van der Waals surface area contributed by atoms with Crippen molar-refractivity contribution in [1.29, 1.82) is 0 Å². The van der Waals surface area contributed by atoms with Crippen LogP contribution in [0.25, 0.3) is 0 Å². The maximum absolute atomic E-state index is 10.2. The third-order valence-corrected chi connectivity index (χ3v) is 9.68. The highest BCUT2D eigenvalue weighted by molar-refractivity contribution is 4.87. The molecule has 4 unspecified atom stereocenters. The molecule has 0 radical (unpaired) electrons. The molecular weight excluding hydrogens is 376 g/mol. The van der Waals surface area contributed by atoms with Crippen molar-refractivity contribution in [2.45, 2.75) is 169 Å². The molecule has 0 aromatic rings. The van der Waals surface area contributed by atoms with Gasteiger partial charge in [0.15, 0.2) is 0 Å². The van der Waals surface area contributed by atoms with Crippen molar-refractivity contribution in [2.75, 3.05) is 0 Å². The third-order valence-electron chi connectivity index (χ3n) is 9.68. The van der Waals surface area contributed by atoms with Gasteiger partial charge in [0.2, 0.25) is 0 Å². The Labute approximate surface area is 196 Å². The third kappa shape index (κ3) is 9.02. The molecule has 31 heavy (non-hydrogen) atoms. The molecule has 2 fully saturated rings. The van der Waals surface area contributed by atoms with Crippen molar-refractivity contribution in [3.05, 3.63) is 0 Å². The van der Waals surface area contributed by atoms with Crippen LogP contribution in [0, 0.1) is 22.7 Å². The lowest BCUT2D eigenvalue weighted by atomic mass is 9.64. The summed E-state index contributed by atoms with van der Waals surface area (Å²) in [7, 11) is 0. The summed E-state index contributed by atoms with van der Waals surface area (Å²) in [6, 6.07) is 0. The molecule has 2 aliphatic rings. The van der Waals surface area contributed by atoms with Crippen LogP contribution in [0.2, 0.25) is 0 Å². The molecule has 0 aromatic heterocycles. The molecule has 0 heterocycles. The average Bonchev–Trinajstić information content (AvgIpc) is 2.79. The topological polar surface area (TPSA) is 20.2 Å². The van der Waals surface area contributed by atoms with Crippen molar-refractivity contribution in [3.8, 4) is 0 Å². The molecule has 0 bridgehead atoms. The standard InChI is InChI=1S/C30H58O/c1-5-8-20-29(4,27-17-11-10-12-18-27)21-13-14-23-30(7-3,22-9-6-2)25-26-16-15-19-28(31)24-26/h26-28,31H,5-25H2,1-4H3. The molecule has 1 heteroatoms. The van der Waals surface area contributed by atoms with Crippen molar-refractivity contribution >= 4 is 0 Å². The highest BCUT2D eigenvalue weighted by atomic mass is 16.3. The zero-order valence-corrected chi connectivity index (χ0v) is 22.0. The Morgan fingerprint density at radius 3 is 1.97 bits per heavy atom. The van der Waals surface area contributed by atoms with E-state index in [4.69, 9.17) is 0 Å². The summed E-state index contributed by atoms with van der Waals surface area (Å²) in [4.78, 5) is 0. The van der Waals surface area contributed by atoms with E-state index in [-0.39, 0.29) is 6.10 Å². The minimum atomic E-state index is -0.0192. The van der Waals surface area contributed by atoms with E-state index in [1.165, 1.54) is 122 Å². The number of unbranched alkanes of at least 4 members (excludes halogenated alkanes) is 3. The summed E-state index contributed by atoms with van der Waals surface area (Å²) in [6.45, 7) is 9.84. The quantitative estimate of drug-likeness (QED) is 0.254. The van der Waals surface area contributed by atoms with Crippen LogP contribution in [0.1, 0.15) is 163 Å². The molecule has 184 valence electrons. The van der Waals surface area contributed by atoms with Crippen LogP contribution in [0.4, 0.5) is 0 Å². The average molecular weight is 435 g/mol. The molecule has 2 aliphatic carbocycles. The van der Waals surface area contributed by atoms with Gasteiger partial charge in [-0.15, -0.1) is 0 Å². The lowest BCUT2D eigenvalue weighted by Crippen LogP contribution is -2.30. The van der Waals surface area contributed by atoms with Crippen LogP contribution < -0.4 is 0 Å². The maximum Gasteiger partial charge on any atom is 0.0542 e. The lowest BCUT2D eigenvalue weighted by molar-refractivity contribution is 0.0656. The van der Waals surface area contributed by atoms with Gasteiger partial charge in [-0.2, -0.15) is 0 Å². The summed E-state index contributed by atoms with van der Waals surface area (Å²) < 4.78 is 0. The zero-order chi connectivity index (χ0) is 22.6. The van der Waals surface area contributed by atoms with E-state index in [1.54, 1.807) is 0 Å². The van der Waals surface area contributed by atoms with E-state index in [9.17, 15) is 5.11 Å². The van der Waals surface area contributed by atoms with Crippen LogP contribution in [-0.2, 0) is 0 Å². The highest BCUT2D eigenvalue weighted by Gasteiger charge is 2.35. The Balaban J connectivity index is 1.92. The fourth-order valence-corrected chi connectivity index (χ4v) is 7.38. The molecule has 2 saturated carbocycles. The van der Waals surface area contributed by atoms with E-state index in [2.05, 4.69) is 27.7 Å². The van der Waals surface area contributed by atoms with Crippen LogP contribution in [0.5, 0.6) is 0 Å². The van der Waals surface area contributed by atoms with Gasteiger partial charge in [0.1, 0.15) is 0 Å². The highest BCUT2D eigenvalue weighted by Crippen LogP contribution is 2.47. The van der Waals surface area contributed by atoms with Gasteiger partial charge in [0, 0.05) is 0 Å². The van der Waals surface area contributed by atoms with Crippen molar-refractivity contribution < 1.29 is 5.11 Å². The number of aliphatic hydroxyl groups excluding tert-OH is 1. The first-order valence-electron chi connectivity index (χ1n) is 14.6. The van der Waals surface area contributed by atoms with Gasteiger partial charge in [-0.3, -0.25) is 0 Å². The second kappa shape index (κ2) is 14.3. The minimum absolute atomic E-state index is 0.0192. The molecule has 0 aromatic carbocycles. The van der Waals surface area contributed by atoms with Crippen LogP contribution in [0.15, 0.2) is 0 Å². The molecule has 4 atom stereocenters. The fraction of sp³-hybridized carbons (Fsp3) is 1.00. The Hall–Kier alpha value is -0.0400. The van der Waals surface area contributed by atoms with E-state index in [0.29, 0.717) is 10.8 Å². The van der Waals surface area contributed by atoms with Gasteiger partial charge < -0.3 is 5.11 Å². The van der Waals surface area contributed by atoms with E-state index >= 15 is 0 Å². The van der Waals surface area contributed by atoms with E-state index in [1.807, 2.05) is 0 Å². The second-order valence-electron chi connectivity index (χ2n) is 12.1. The predicted molar refractivity (Wildman–Crippen MR) is 138 cm³/mol. The number of rotatable bonds is 15. The van der Waals surface area contributed by atoms with Gasteiger partial charge in [-0.05, 0) is 80.5 Å². The van der Waals surface area contributed by atoms with Crippen LogP contribution >= 0.6 is 0 Å². The predicted octanol–water partition coefficient (Wildman–Crippen LogP) is 9.85. The largest absolute Gasteiger partial charge is 0.393 e. The molecule has 1 nitrogen and oxygen atoms in total. The summed E-state index contributed by atoms with van der Waals surface area (Å²) in [5.41, 5.74) is 1.14. The number of hydrogen-bond donors (Lipinski definition) is 1. The summed E-state index contributed by atoms with van der Waals surface area (Å²) in [6.07, 6.45) is 29.0. The van der Waals surface area contributed by atoms with Gasteiger partial charge in [-0.25, -0.2) is 0 Å². The molecule has 0 aliphatic heterocycles. The second-order valence-corrected chi connectivity index (χ2v) is 12.1. The molecular formula is C30H58O. The maximum atomic E-state index is 10.2. The molecule has 0 amide bonds. The van der Waals surface area contributed by atoms with Gasteiger partial charge >= 0.3 is 0 Å². The van der Waals surface area contributed by atoms with Crippen molar-refractivity contribution in [2.24, 2.45) is 22.7 Å². The van der Waals surface area contributed by atoms with Crippen LogP contribution in [0.3, 0.4) is 0 Å². The smallest absolute Gasteiger partial charge is 0.0542 e. The summed E-state index contributed by atoms with van der Waals surface area (Å²) in [5, 5.41) is 10.2. The molecule has 0 saturated heterocycles. The first kappa shape index (κ1) is 27.2. The molecule has 1 N–H and O–H groups in total. The van der Waals surface area contributed by atoms with Crippen molar-refractivity contribution in [1.82, 2.24) is 0 Å². The van der Waals surface area contributed by atoms with Gasteiger partial charge in [0.05, 0.1) is 6.10 Å². The fourth-order valence-electron chi connectivity index (χ4n) is 7.38. The summed E-state index contributed by atoms with van der Waals surface area (Å²) in [5.74, 6) is 1.77. The van der Waals surface area contributed by atoms with Crippen LogP contribution in [-0.4, -0.2) is 11.2 Å². The van der Waals surface area contributed by atoms with Gasteiger partial charge in [-0.1, -0.05) is 105 Å². The Morgan fingerprint density at radius 2 is 1.32 bits per heavy atom. The van der Waals surface area contributed by atoms with Crippen molar-refractivity contribution in [3.63, 3.8) is 0 Å². The Morgan fingerprint density at radius 1 is 0.710 bits per heavy atom. The Bertz CT molecular complexity index is 453. The van der Waals surface area contributed by atoms with E-state index < -0.39 is 0 Å². The normalized spacial score (nSPS) is 27.0.